The lowest BCUT2D eigenvalue weighted by Crippen LogP contribution is -2.53. The van der Waals surface area contributed by atoms with Crippen LogP contribution in [0.15, 0.2) is 0 Å². The molecule has 0 spiro atoms. The van der Waals surface area contributed by atoms with E-state index >= 15 is 0 Å². The van der Waals surface area contributed by atoms with Crippen LogP contribution in [0.1, 0.15) is 41.5 Å². The third-order valence-corrected chi connectivity index (χ3v) is 4.43. The number of carbonyl (C=O) groups is 1. The van der Waals surface area contributed by atoms with Gasteiger partial charge in [-0.3, -0.25) is 9.69 Å². The number of hydrogen-bond donors (Lipinski definition) is 1. The van der Waals surface area contributed by atoms with Gasteiger partial charge in [0.2, 0.25) is 0 Å². The van der Waals surface area contributed by atoms with Crippen molar-refractivity contribution in [3.8, 4) is 0 Å². The molecule has 2 saturated heterocycles. The Bertz CT molecular complexity index is 337. The molecular formula is C15H28N2O. The van der Waals surface area contributed by atoms with Crippen LogP contribution < -0.4 is 5.32 Å². The van der Waals surface area contributed by atoms with Crippen molar-refractivity contribution in [1.82, 2.24) is 10.2 Å². The summed E-state index contributed by atoms with van der Waals surface area (Å²) in [6.07, 6.45) is 0. The SMILES string of the molecule is CC(C)(C)C(=O)C1C2CNCC2CN1C(C)(C)C. The number of nitrogens with one attached hydrogen (secondary N) is 1. The van der Waals surface area contributed by atoms with Gasteiger partial charge < -0.3 is 5.32 Å². The van der Waals surface area contributed by atoms with Gasteiger partial charge in [-0.2, -0.15) is 0 Å². The first-order valence-electron chi connectivity index (χ1n) is 7.14. The Balaban J connectivity index is 2.29. The second-order valence-corrected chi connectivity index (χ2v) is 7.96. The standard InChI is InChI=1S/C15H28N2O/c1-14(2,3)13(18)12-11-8-16-7-10(11)9-17(12)15(4,5)6/h10-12,16H,7-9H2,1-6H3. The van der Waals surface area contributed by atoms with E-state index < -0.39 is 0 Å². The van der Waals surface area contributed by atoms with Gasteiger partial charge in [0.25, 0.3) is 0 Å². The van der Waals surface area contributed by atoms with E-state index in [2.05, 4.69) is 31.0 Å². The average molecular weight is 252 g/mol. The predicted octanol–water partition coefficient (Wildman–Crippen LogP) is 1.92. The van der Waals surface area contributed by atoms with E-state index in [0.717, 1.165) is 19.6 Å². The van der Waals surface area contributed by atoms with E-state index in [4.69, 9.17) is 0 Å². The van der Waals surface area contributed by atoms with Crippen LogP contribution >= 0.6 is 0 Å². The first kappa shape index (κ1) is 14.0. The molecule has 0 amide bonds. The van der Waals surface area contributed by atoms with Crippen molar-refractivity contribution in [2.75, 3.05) is 19.6 Å². The molecule has 3 atom stereocenters. The number of likely N-dealkylation sites (tertiary alicyclic amines) is 1. The summed E-state index contributed by atoms with van der Waals surface area (Å²) >= 11 is 0. The van der Waals surface area contributed by atoms with Crippen LogP contribution in [0.3, 0.4) is 0 Å². The second kappa shape index (κ2) is 4.31. The summed E-state index contributed by atoms with van der Waals surface area (Å²) < 4.78 is 0. The van der Waals surface area contributed by atoms with Crippen LogP contribution in [0.4, 0.5) is 0 Å². The summed E-state index contributed by atoms with van der Waals surface area (Å²) in [4.78, 5) is 15.2. The van der Waals surface area contributed by atoms with Gasteiger partial charge in [0.1, 0.15) is 0 Å². The predicted molar refractivity (Wildman–Crippen MR) is 74.6 cm³/mol. The number of carbonyl (C=O) groups excluding carboxylic acids is 1. The van der Waals surface area contributed by atoms with E-state index in [1.807, 2.05) is 20.8 Å². The third-order valence-electron chi connectivity index (χ3n) is 4.43. The molecule has 2 aliphatic rings. The number of Topliss-reactive ketones (excluding diaryl/α,β-unsaturated/α-hetero) is 1. The topological polar surface area (TPSA) is 32.3 Å². The Hall–Kier alpha value is -0.410. The van der Waals surface area contributed by atoms with Crippen molar-refractivity contribution in [1.29, 1.82) is 0 Å². The van der Waals surface area contributed by atoms with Gasteiger partial charge in [0.05, 0.1) is 6.04 Å². The maximum atomic E-state index is 12.8. The highest BCUT2D eigenvalue weighted by Crippen LogP contribution is 2.40. The highest BCUT2D eigenvalue weighted by molar-refractivity contribution is 5.89. The van der Waals surface area contributed by atoms with E-state index in [1.165, 1.54) is 0 Å². The lowest BCUT2D eigenvalue weighted by atomic mass is 9.80. The molecule has 2 heterocycles. The quantitative estimate of drug-likeness (QED) is 0.774. The summed E-state index contributed by atoms with van der Waals surface area (Å²) in [6, 6.07) is 0.102. The molecule has 3 nitrogen and oxygen atoms in total. The smallest absolute Gasteiger partial charge is 0.155 e. The van der Waals surface area contributed by atoms with E-state index in [9.17, 15) is 4.79 Å². The zero-order chi connectivity index (χ0) is 13.7. The molecule has 0 radical (unpaired) electrons. The summed E-state index contributed by atoms with van der Waals surface area (Å²) in [5, 5.41) is 3.45. The molecule has 0 aromatic carbocycles. The zero-order valence-corrected chi connectivity index (χ0v) is 12.7. The normalized spacial score (nSPS) is 33.8. The molecule has 3 unspecified atom stereocenters. The Morgan fingerprint density at radius 1 is 1.11 bits per heavy atom. The van der Waals surface area contributed by atoms with Crippen LogP contribution in [0.2, 0.25) is 0 Å². The van der Waals surface area contributed by atoms with Gasteiger partial charge in [-0.05, 0) is 39.2 Å². The van der Waals surface area contributed by atoms with Crippen LogP contribution in [0, 0.1) is 17.3 Å². The van der Waals surface area contributed by atoms with Crippen molar-refractivity contribution in [2.45, 2.75) is 53.1 Å². The number of rotatable bonds is 1. The molecule has 0 saturated carbocycles. The average Bonchev–Trinajstić information content (AvgIpc) is 2.71. The molecule has 0 aromatic rings. The molecule has 3 heteroatoms. The molecule has 0 bridgehead atoms. The first-order chi connectivity index (χ1) is 8.12. The van der Waals surface area contributed by atoms with Gasteiger partial charge in [-0.1, -0.05) is 20.8 Å². The second-order valence-electron chi connectivity index (χ2n) is 7.96. The van der Waals surface area contributed by atoms with Crippen LogP contribution in [0.5, 0.6) is 0 Å². The fraction of sp³-hybridized carbons (Fsp3) is 0.933. The summed E-state index contributed by atoms with van der Waals surface area (Å²) in [5.41, 5.74) is -0.165. The van der Waals surface area contributed by atoms with Crippen molar-refractivity contribution < 1.29 is 4.79 Å². The molecule has 0 aromatic heterocycles. The molecular weight excluding hydrogens is 224 g/mol. The minimum atomic E-state index is -0.244. The monoisotopic (exact) mass is 252 g/mol. The Morgan fingerprint density at radius 3 is 2.22 bits per heavy atom. The third kappa shape index (κ3) is 2.35. The van der Waals surface area contributed by atoms with Crippen LogP contribution in [-0.2, 0) is 4.79 Å². The van der Waals surface area contributed by atoms with Crippen LogP contribution in [0.25, 0.3) is 0 Å². The molecule has 104 valence electrons. The van der Waals surface area contributed by atoms with E-state index in [0.29, 0.717) is 17.6 Å². The van der Waals surface area contributed by atoms with E-state index in [1.54, 1.807) is 0 Å². The minimum Gasteiger partial charge on any atom is -0.316 e. The fourth-order valence-corrected chi connectivity index (χ4v) is 3.39. The highest BCUT2D eigenvalue weighted by Gasteiger charge is 2.52. The molecule has 0 aliphatic carbocycles. The minimum absolute atomic E-state index is 0.0793. The van der Waals surface area contributed by atoms with Gasteiger partial charge in [-0.15, -0.1) is 0 Å². The van der Waals surface area contributed by atoms with Gasteiger partial charge in [0.15, 0.2) is 5.78 Å². The van der Waals surface area contributed by atoms with Crippen molar-refractivity contribution >= 4 is 5.78 Å². The number of nitrogens with zero attached hydrogens (tertiary/aromatic N) is 1. The van der Waals surface area contributed by atoms with Gasteiger partial charge in [0, 0.05) is 24.0 Å². The molecule has 1 N–H and O–H groups in total. The van der Waals surface area contributed by atoms with Crippen molar-refractivity contribution in [2.24, 2.45) is 17.3 Å². The lowest BCUT2D eigenvalue weighted by Gasteiger charge is -2.40. The number of hydrogen-bond acceptors (Lipinski definition) is 3. The molecule has 2 aliphatic heterocycles. The zero-order valence-electron chi connectivity index (χ0n) is 12.7. The van der Waals surface area contributed by atoms with Gasteiger partial charge in [-0.25, -0.2) is 0 Å². The Kier molecular flexibility index (Phi) is 3.35. The maximum absolute atomic E-state index is 12.8. The summed E-state index contributed by atoms with van der Waals surface area (Å²) in [6.45, 7) is 16.0. The number of fused-ring (bicyclic) bond motifs is 1. The Morgan fingerprint density at radius 2 is 1.72 bits per heavy atom. The first-order valence-corrected chi connectivity index (χ1v) is 7.14. The molecule has 2 rings (SSSR count). The summed E-state index contributed by atoms with van der Waals surface area (Å²) in [5.74, 6) is 1.57. The molecule has 18 heavy (non-hydrogen) atoms. The number of ketones is 1. The van der Waals surface area contributed by atoms with E-state index in [-0.39, 0.29) is 17.0 Å². The molecule has 2 fully saturated rings. The van der Waals surface area contributed by atoms with Gasteiger partial charge >= 0.3 is 0 Å². The fourth-order valence-electron chi connectivity index (χ4n) is 3.39. The van der Waals surface area contributed by atoms with Crippen molar-refractivity contribution in [3.63, 3.8) is 0 Å². The highest BCUT2D eigenvalue weighted by atomic mass is 16.1. The summed E-state index contributed by atoms with van der Waals surface area (Å²) in [7, 11) is 0. The maximum Gasteiger partial charge on any atom is 0.155 e. The van der Waals surface area contributed by atoms with Crippen molar-refractivity contribution in [3.05, 3.63) is 0 Å². The largest absolute Gasteiger partial charge is 0.316 e. The lowest BCUT2D eigenvalue weighted by molar-refractivity contribution is -0.133. The van der Waals surface area contributed by atoms with Crippen LogP contribution in [-0.4, -0.2) is 41.9 Å². The Labute approximate surface area is 111 Å².